The number of benzene rings is 1. The van der Waals surface area contributed by atoms with E-state index >= 15 is 0 Å². The Labute approximate surface area is 166 Å². The average Bonchev–Trinajstić information content (AvgIpc) is 3.14. The van der Waals surface area contributed by atoms with Gasteiger partial charge in [0.1, 0.15) is 12.7 Å². The fourth-order valence-corrected chi connectivity index (χ4v) is 2.42. The first-order chi connectivity index (χ1) is 11.8. The molecule has 1 atom stereocenters. The van der Waals surface area contributed by atoms with Crippen LogP contribution in [0.4, 0.5) is 0 Å². The van der Waals surface area contributed by atoms with E-state index in [0.29, 0.717) is 6.54 Å². The van der Waals surface area contributed by atoms with Gasteiger partial charge in [-0.1, -0.05) is 30.3 Å². The van der Waals surface area contributed by atoms with Gasteiger partial charge >= 0.3 is 0 Å². The van der Waals surface area contributed by atoms with Gasteiger partial charge in [0, 0.05) is 32.6 Å². The fourth-order valence-electron chi connectivity index (χ4n) is 2.42. The van der Waals surface area contributed by atoms with E-state index in [4.69, 9.17) is 0 Å². The minimum Gasteiger partial charge on any atom is -0.396 e. The molecule has 0 saturated heterocycles. The molecule has 3 N–H and O–H groups in total. The lowest BCUT2D eigenvalue weighted by molar-refractivity contribution is 0.265. The van der Waals surface area contributed by atoms with Crippen molar-refractivity contribution in [2.75, 3.05) is 26.7 Å². The Morgan fingerprint density at radius 1 is 1.16 bits per heavy atom. The maximum Gasteiger partial charge on any atom is 0.190 e. The van der Waals surface area contributed by atoms with E-state index in [1.54, 1.807) is 19.7 Å². The quantitative estimate of drug-likeness (QED) is 0.230. The van der Waals surface area contributed by atoms with Gasteiger partial charge < -0.3 is 20.3 Å². The first-order valence-electron chi connectivity index (χ1n) is 8.26. The minimum atomic E-state index is 0. The van der Waals surface area contributed by atoms with E-state index in [1.165, 1.54) is 0 Å². The molecule has 7 nitrogen and oxygen atoms in total. The number of nitrogens with one attached hydrogen (secondary N) is 2. The number of hydrogen-bond donors (Lipinski definition) is 3. The van der Waals surface area contributed by atoms with Crippen LogP contribution in [-0.4, -0.2) is 52.6 Å². The van der Waals surface area contributed by atoms with Crippen molar-refractivity contribution in [1.29, 1.82) is 0 Å². The molecule has 25 heavy (non-hydrogen) atoms. The molecule has 1 unspecified atom stereocenters. The molecule has 0 spiro atoms. The number of aliphatic hydroxyl groups excluding tert-OH is 1. The maximum absolute atomic E-state index is 9.59. The molecule has 2 rings (SSSR count). The van der Waals surface area contributed by atoms with Gasteiger partial charge in [-0.15, -0.1) is 34.2 Å². The molecule has 0 bridgehead atoms. The van der Waals surface area contributed by atoms with Crippen molar-refractivity contribution < 1.29 is 5.11 Å². The molecule has 0 radical (unpaired) electrons. The standard InChI is InChI=1S/C17H26N6O.HI/c1-18-17(19-9-5-6-10-23-13-21-22-14-23)20-11-16(12-24)15-7-3-2-4-8-15;/h2-4,7-8,13-14,16,24H,5-6,9-12H2,1H3,(H2,18,19,20);1H. The summed E-state index contributed by atoms with van der Waals surface area (Å²) in [6, 6.07) is 10.0. The van der Waals surface area contributed by atoms with Crippen molar-refractivity contribution in [3.63, 3.8) is 0 Å². The van der Waals surface area contributed by atoms with Gasteiger partial charge in [-0.05, 0) is 18.4 Å². The Bertz CT molecular complexity index is 590. The number of nitrogens with zero attached hydrogens (tertiary/aromatic N) is 4. The first-order valence-corrected chi connectivity index (χ1v) is 8.26. The number of aromatic nitrogens is 3. The predicted molar refractivity (Wildman–Crippen MR) is 110 cm³/mol. The topological polar surface area (TPSA) is 87.4 Å². The van der Waals surface area contributed by atoms with Crippen LogP contribution in [0.5, 0.6) is 0 Å². The van der Waals surface area contributed by atoms with E-state index in [-0.39, 0.29) is 36.5 Å². The zero-order chi connectivity index (χ0) is 17.0. The lowest BCUT2D eigenvalue weighted by atomic mass is 10.0. The largest absolute Gasteiger partial charge is 0.396 e. The third-order valence-electron chi connectivity index (χ3n) is 3.83. The minimum absolute atomic E-state index is 0. The molecule has 1 heterocycles. The Kier molecular flexibility index (Phi) is 10.8. The number of rotatable bonds is 9. The number of hydrogen-bond acceptors (Lipinski definition) is 4. The van der Waals surface area contributed by atoms with Crippen LogP contribution in [0.15, 0.2) is 48.0 Å². The van der Waals surface area contributed by atoms with Crippen molar-refractivity contribution in [1.82, 2.24) is 25.4 Å². The lowest BCUT2D eigenvalue weighted by Gasteiger charge is -2.18. The molecule has 0 saturated carbocycles. The first kappa shape index (κ1) is 21.4. The van der Waals surface area contributed by atoms with Gasteiger partial charge in [-0.3, -0.25) is 4.99 Å². The monoisotopic (exact) mass is 458 g/mol. The number of guanidine groups is 1. The van der Waals surface area contributed by atoms with E-state index in [9.17, 15) is 5.11 Å². The normalized spacial score (nSPS) is 12.3. The van der Waals surface area contributed by atoms with Crippen LogP contribution < -0.4 is 10.6 Å². The maximum atomic E-state index is 9.59. The van der Waals surface area contributed by atoms with Crippen LogP contribution in [0.2, 0.25) is 0 Å². The Morgan fingerprint density at radius 3 is 2.52 bits per heavy atom. The average molecular weight is 458 g/mol. The summed E-state index contributed by atoms with van der Waals surface area (Å²) >= 11 is 0. The number of aliphatic hydroxyl groups is 1. The van der Waals surface area contributed by atoms with Gasteiger partial charge in [0.2, 0.25) is 0 Å². The number of halogens is 1. The van der Waals surface area contributed by atoms with E-state index in [2.05, 4.69) is 25.8 Å². The highest BCUT2D eigenvalue weighted by molar-refractivity contribution is 14.0. The van der Waals surface area contributed by atoms with Gasteiger partial charge in [0.05, 0.1) is 6.61 Å². The van der Waals surface area contributed by atoms with Crippen LogP contribution >= 0.6 is 24.0 Å². The number of aryl methyl sites for hydroxylation is 1. The molecule has 1 aromatic carbocycles. The highest BCUT2D eigenvalue weighted by Crippen LogP contribution is 2.13. The third kappa shape index (κ3) is 7.82. The highest BCUT2D eigenvalue weighted by Gasteiger charge is 2.10. The molecule has 2 aromatic rings. The second-order valence-electron chi connectivity index (χ2n) is 5.58. The molecule has 1 aromatic heterocycles. The van der Waals surface area contributed by atoms with E-state index < -0.39 is 0 Å². The van der Waals surface area contributed by atoms with Crippen LogP contribution in [0.3, 0.4) is 0 Å². The van der Waals surface area contributed by atoms with Gasteiger partial charge in [-0.2, -0.15) is 0 Å². The second kappa shape index (κ2) is 12.6. The van der Waals surface area contributed by atoms with Crippen molar-refractivity contribution in [3.05, 3.63) is 48.5 Å². The SMILES string of the molecule is CN=C(NCCCCn1cnnc1)NCC(CO)c1ccccc1.I. The summed E-state index contributed by atoms with van der Waals surface area (Å²) in [5.41, 5.74) is 1.12. The lowest BCUT2D eigenvalue weighted by Crippen LogP contribution is -2.40. The fraction of sp³-hybridized carbons (Fsp3) is 0.471. The molecule has 8 heteroatoms. The van der Waals surface area contributed by atoms with E-state index in [1.807, 2.05) is 34.9 Å². The zero-order valence-corrected chi connectivity index (χ0v) is 16.8. The Balaban J connectivity index is 0.00000312. The summed E-state index contributed by atoms with van der Waals surface area (Å²) in [7, 11) is 1.75. The number of unbranched alkanes of at least 4 members (excludes halogenated alkanes) is 1. The van der Waals surface area contributed by atoms with Crippen LogP contribution in [0, 0.1) is 0 Å². The zero-order valence-electron chi connectivity index (χ0n) is 14.5. The van der Waals surface area contributed by atoms with Crippen LogP contribution in [0.25, 0.3) is 0 Å². The molecular weight excluding hydrogens is 431 g/mol. The Morgan fingerprint density at radius 2 is 1.88 bits per heavy atom. The van der Waals surface area contributed by atoms with Crippen molar-refractivity contribution >= 4 is 29.9 Å². The Hall–Kier alpha value is -1.68. The summed E-state index contributed by atoms with van der Waals surface area (Å²) in [5.74, 6) is 0.812. The van der Waals surface area contributed by atoms with Gasteiger partial charge in [0.15, 0.2) is 5.96 Å². The van der Waals surface area contributed by atoms with Gasteiger partial charge in [0.25, 0.3) is 0 Å². The second-order valence-corrected chi connectivity index (χ2v) is 5.58. The van der Waals surface area contributed by atoms with Gasteiger partial charge in [-0.25, -0.2) is 0 Å². The summed E-state index contributed by atoms with van der Waals surface area (Å²) in [4.78, 5) is 4.22. The van der Waals surface area contributed by atoms with Crippen LogP contribution in [-0.2, 0) is 6.54 Å². The van der Waals surface area contributed by atoms with E-state index in [0.717, 1.165) is 37.5 Å². The molecule has 0 aliphatic heterocycles. The highest BCUT2D eigenvalue weighted by atomic mass is 127. The van der Waals surface area contributed by atoms with Crippen LogP contribution in [0.1, 0.15) is 24.3 Å². The van der Waals surface area contributed by atoms with Crippen molar-refractivity contribution in [2.24, 2.45) is 4.99 Å². The predicted octanol–water partition coefficient (Wildman–Crippen LogP) is 1.62. The summed E-state index contributed by atoms with van der Waals surface area (Å²) in [6.45, 7) is 2.51. The summed E-state index contributed by atoms with van der Waals surface area (Å²) < 4.78 is 1.97. The molecule has 0 aliphatic rings. The smallest absolute Gasteiger partial charge is 0.190 e. The van der Waals surface area contributed by atoms with Crippen molar-refractivity contribution in [2.45, 2.75) is 25.3 Å². The molecular formula is C17H27IN6O. The number of aliphatic imine (C=N–C) groups is 1. The molecule has 138 valence electrons. The molecule has 0 amide bonds. The molecule has 0 fully saturated rings. The summed E-state index contributed by atoms with van der Waals surface area (Å²) in [5, 5.41) is 23.7. The van der Waals surface area contributed by atoms with Crippen molar-refractivity contribution in [3.8, 4) is 0 Å². The summed E-state index contributed by atoms with van der Waals surface area (Å²) in [6.07, 6.45) is 5.53. The third-order valence-corrected chi connectivity index (χ3v) is 3.83. The molecule has 0 aliphatic carbocycles.